The van der Waals surface area contributed by atoms with Crippen LogP contribution < -0.4 is 0 Å². The molecule has 2 aromatic heterocycles. The second-order valence-corrected chi connectivity index (χ2v) is 13.0. The normalized spacial score (nSPS) is 20.4. The van der Waals surface area contributed by atoms with Crippen molar-refractivity contribution in [3.05, 3.63) is 99.1 Å². The smallest absolute Gasteiger partial charge is 0.223 e. The first-order chi connectivity index (χ1) is 21.6. The van der Waals surface area contributed by atoms with Crippen molar-refractivity contribution in [1.82, 2.24) is 34.6 Å². The SMILES string of the molecule is Cc1ccc(Cn2nc(C)c(CCC(=O)N3C[C@@H](C)N(Cc4cn([C@H]5CCCc6c(F)cc(F)cc65)nn4)[C@@H](C)C3)c2C)cc1. The van der Waals surface area contributed by atoms with Crippen LogP contribution in [0.3, 0.4) is 0 Å². The van der Waals surface area contributed by atoms with Gasteiger partial charge in [-0.05, 0) is 88.6 Å². The van der Waals surface area contributed by atoms with Crippen LogP contribution in [0, 0.1) is 32.4 Å². The Morgan fingerprint density at radius 3 is 2.47 bits per heavy atom. The van der Waals surface area contributed by atoms with Crippen LogP contribution in [0.15, 0.2) is 42.6 Å². The molecule has 6 rings (SSSR count). The minimum absolute atomic E-state index is 0.141. The van der Waals surface area contributed by atoms with E-state index >= 15 is 0 Å². The van der Waals surface area contributed by atoms with E-state index in [0.29, 0.717) is 50.0 Å². The number of rotatable bonds is 8. The van der Waals surface area contributed by atoms with Crippen molar-refractivity contribution >= 4 is 5.91 Å². The highest BCUT2D eigenvalue weighted by molar-refractivity contribution is 5.76. The Bertz CT molecular complexity index is 1670. The minimum atomic E-state index is -0.563. The van der Waals surface area contributed by atoms with Crippen LogP contribution in [0.5, 0.6) is 0 Å². The molecular weight excluding hydrogens is 572 g/mol. The molecule has 1 amide bonds. The molecule has 1 aliphatic carbocycles. The molecule has 0 bridgehead atoms. The Balaban J connectivity index is 1.05. The summed E-state index contributed by atoms with van der Waals surface area (Å²) >= 11 is 0. The van der Waals surface area contributed by atoms with Gasteiger partial charge >= 0.3 is 0 Å². The van der Waals surface area contributed by atoms with E-state index in [1.54, 1.807) is 4.68 Å². The lowest BCUT2D eigenvalue weighted by Crippen LogP contribution is -2.57. The highest BCUT2D eigenvalue weighted by Gasteiger charge is 2.33. The van der Waals surface area contributed by atoms with E-state index in [0.717, 1.165) is 48.1 Å². The van der Waals surface area contributed by atoms with Gasteiger partial charge < -0.3 is 4.90 Å². The Morgan fingerprint density at radius 1 is 1.00 bits per heavy atom. The first-order valence-corrected chi connectivity index (χ1v) is 16.1. The topological polar surface area (TPSA) is 72.1 Å². The van der Waals surface area contributed by atoms with Gasteiger partial charge in [0.05, 0.1) is 30.2 Å². The van der Waals surface area contributed by atoms with Crippen LogP contribution in [-0.4, -0.2) is 65.7 Å². The fraction of sp³-hybridized carbons (Fsp3) is 0.486. The predicted molar refractivity (Wildman–Crippen MR) is 169 cm³/mol. The van der Waals surface area contributed by atoms with Gasteiger partial charge in [0.15, 0.2) is 0 Å². The molecule has 0 unspecified atom stereocenters. The molecule has 1 aliphatic heterocycles. The lowest BCUT2D eigenvalue weighted by molar-refractivity contribution is -0.135. The molecule has 1 saturated heterocycles. The van der Waals surface area contributed by atoms with Crippen LogP contribution in [0.2, 0.25) is 0 Å². The van der Waals surface area contributed by atoms with Crippen LogP contribution in [-0.2, 0) is 30.7 Å². The van der Waals surface area contributed by atoms with Gasteiger partial charge in [0.25, 0.3) is 0 Å². The minimum Gasteiger partial charge on any atom is -0.340 e. The van der Waals surface area contributed by atoms with E-state index in [-0.39, 0.29) is 24.0 Å². The molecule has 0 saturated carbocycles. The third-order valence-electron chi connectivity index (χ3n) is 9.71. The van der Waals surface area contributed by atoms with Crippen molar-refractivity contribution in [2.75, 3.05) is 13.1 Å². The first kappa shape index (κ1) is 31.1. The van der Waals surface area contributed by atoms with E-state index in [4.69, 9.17) is 5.10 Å². The molecular formula is C35H43F2N7O. The van der Waals surface area contributed by atoms with Gasteiger partial charge in [-0.25, -0.2) is 13.5 Å². The molecule has 0 radical (unpaired) electrons. The summed E-state index contributed by atoms with van der Waals surface area (Å²) in [6.07, 6.45) is 5.22. The van der Waals surface area contributed by atoms with Crippen LogP contribution in [0.4, 0.5) is 8.78 Å². The van der Waals surface area contributed by atoms with E-state index < -0.39 is 11.6 Å². The molecule has 2 aliphatic rings. The highest BCUT2D eigenvalue weighted by atomic mass is 19.1. The number of hydrogen-bond donors (Lipinski definition) is 0. The summed E-state index contributed by atoms with van der Waals surface area (Å²) in [7, 11) is 0. The maximum atomic E-state index is 14.4. The number of benzene rings is 2. The second kappa shape index (κ2) is 12.8. The van der Waals surface area contributed by atoms with Gasteiger partial charge in [0.2, 0.25) is 5.91 Å². The number of aromatic nitrogens is 5. The largest absolute Gasteiger partial charge is 0.340 e. The van der Waals surface area contributed by atoms with Gasteiger partial charge in [-0.15, -0.1) is 5.10 Å². The van der Waals surface area contributed by atoms with Crippen molar-refractivity contribution in [2.24, 2.45) is 0 Å². The summed E-state index contributed by atoms with van der Waals surface area (Å²) in [6, 6.07) is 11.0. The van der Waals surface area contributed by atoms with Crippen molar-refractivity contribution in [3.63, 3.8) is 0 Å². The van der Waals surface area contributed by atoms with Crippen molar-refractivity contribution in [1.29, 1.82) is 0 Å². The number of halogens is 2. The number of amides is 1. The van der Waals surface area contributed by atoms with Gasteiger partial charge in [0, 0.05) is 49.9 Å². The second-order valence-electron chi connectivity index (χ2n) is 13.0. The van der Waals surface area contributed by atoms with Crippen LogP contribution in [0.25, 0.3) is 0 Å². The van der Waals surface area contributed by atoms with E-state index in [9.17, 15) is 13.6 Å². The highest BCUT2D eigenvalue weighted by Crippen LogP contribution is 2.34. The molecule has 0 spiro atoms. The number of nitrogens with zero attached hydrogens (tertiary/aromatic N) is 7. The van der Waals surface area contributed by atoms with Crippen molar-refractivity contribution in [3.8, 4) is 0 Å². The monoisotopic (exact) mass is 615 g/mol. The maximum Gasteiger partial charge on any atom is 0.223 e. The molecule has 10 heteroatoms. The molecule has 8 nitrogen and oxygen atoms in total. The Morgan fingerprint density at radius 2 is 1.73 bits per heavy atom. The maximum absolute atomic E-state index is 14.4. The van der Waals surface area contributed by atoms with Gasteiger partial charge in [-0.3, -0.25) is 14.4 Å². The fourth-order valence-electron chi connectivity index (χ4n) is 7.19. The molecule has 0 N–H and O–H groups in total. The summed E-state index contributed by atoms with van der Waals surface area (Å²) in [5, 5.41) is 13.6. The standard InChI is InChI=1S/C35H43F2N7O/c1-22-9-11-27(12-10-22)19-43-26(5)30(25(4)39-43)13-14-35(45)41-17-23(2)42(24(3)18-41)20-29-21-44(40-38-29)34-8-6-7-31-32(34)15-28(36)16-33(31)37/h9-12,15-16,21,23-24,34H,6-8,13-14,17-20H2,1-5H3/t23-,24+,34-/m0/s1. The molecule has 45 heavy (non-hydrogen) atoms. The van der Waals surface area contributed by atoms with E-state index in [1.807, 2.05) is 22.7 Å². The Hall–Kier alpha value is -3.92. The number of carbonyl (C=O) groups excluding carboxylic acids is 1. The zero-order valence-corrected chi connectivity index (χ0v) is 26.9. The molecule has 3 heterocycles. The third kappa shape index (κ3) is 6.57. The molecule has 1 fully saturated rings. The van der Waals surface area contributed by atoms with Gasteiger partial charge in [-0.2, -0.15) is 5.10 Å². The van der Waals surface area contributed by atoms with E-state index in [2.05, 4.69) is 67.2 Å². The number of aryl methyl sites for hydroxylation is 2. The zero-order valence-electron chi connectivity index (χ0n) is 26.9. The average molecular weight is 616 g/mol. The number of carbonyl (C=O) groups is 1. The number of fused-ring (bicyclic) bond motifs is 1. The summed E-state index contributed by atoms with van der Waals surface area (Å²) in [5.74, 6) is -0.879. The van der Waals surface area contributed by atoms with Gasteiger partial charge in [0.1, 0.15) is 11.6 Å². The Kier molecular flexibility index (Phi) is 8.86. The van der Waals surface area contributed by atoms with Crippen molar-refractivity contribution in [2.45, 2.75) is 97.9 Å². The zero-order chi connectivity index (χ0) is 31.8. The fourth-order valence-corrected chi connectivity index (χ4v) is 7.19. The number of piperazine rings is 1. The molecule has 2 aromatic carbocycles. The lowest BCUT2D eigenvalue weighted by atomic mass is 9.87. The summed E-state index contributed by atoms with van der Waals surface area (Å²) < 4.78 is 32.3. The quantitative estimate of drug-likeness (QED) is 0.254. The summed E-state index contributed by atoms with van der Waals surface area (Å²) in [4.78, 5) is 17.8. The van der Waals surface area contributed by atoms with Crippen LogP contribution in [0.1, 0.15) is 84.1 Å². The number of hydrogen-bond acceptors (Lipinski definition) is 5. The molecule has 4 aromatic rings. The average Bonchev–Trinajstić information content (AvgIpc) is 3.57. The summed E-state index contributed by atoms with van der Waals surface area (Å²) in [6.45, 7) is 13.1. The van der Waals surface area contributed by atoms with Crippen molar-refractivity contribution < 1.29 is 13.6 Å². The van der Waals surface area contributed by atoms with Gasteiger partial charge in [-0.1, -0.05) is 35.0 Å². The summed E-state index contributed by atoms with van der Waals surface area (Å²) in [5.41, 5.74) is 7.76. The Labute approximate surface area is 264 Å². The molecule has 3 atom stereocenters. The van der Waals surface area contributed by atoms with Crippen LogP contribution >= 0.6 is 0 Å². The predicted octanol–water partition coefficient (Wildman–Crippen LogP) is 5.71. The molecule has 238 valence electrons. The van der Waals surface area contributed by atoms with E-state index in [1.165, 1.54) is 17.2 Å². The lowest BCUT2D eigenvalue weighted by Gasteiger charge is -2.44. The first-order valence-electron chi connectivity index (χ1n) is 16.1. The third-order valence-corrected chi connectivity index (χ3v) is 9.71.